The Balaban J connectivity index is 1.22. The van der Waals surface area contributed by atoms with Gasteiger partial charge < -0.3 is 15.2 Å². The van der Waals surface area contributed by atoms with E-state index in [1.54, 1.807) is 30.3 Å². The van der Waals surface area contributed by atoms with Crippen LogP contribution in [0.2, 0.25) is 0 Å². The fourth-order valence-electron chi connectivity index (χ4n) is 3.63. The van der Waals surface area contributed by atoms with Crippen molar-refractivity contribution in [2.45, 2.75) is 0 Å². The first-order valence-electron chi connectivity index (χ1n) is 10.6. The zero-order valence-electron chi connectivity index (χ0n) is 17.7. The second kappa shape index (κ2) is 10.0. The van der Waals surface area contributed by atoms with Gasteiger partial charge >= 0.3 is 0 Å². The molecule has 4 rings (SSSR count). The molecule has 1 saturated heterocycles. The van der Waals surface area contributed by atoms with Crippen molar-refractivity contribution in [1.29, 1.82) is 0 Å². The van der Waals surface area contributed by atoms with Crippen molar-refractivity contribution in [3.63, 3.8) is 0 Å². The van der Waals surface area contributed by atoms with Crippen molar-refractivity contribution in [3.8, 4) is 0 Å². The summed E-state index contributed by atoms with van der Waals surface area (Å²) in [6.45, 7) is 3.86. The summed E-state index contributed by atoms with van der Waals surface area (Å²) in [5, 5.41) is 3.26. The van der Waals surface area contributed by atoms with Gasteiger partial charge in [0.25, 0.3) is 11.5 Å². The molecular weight excluding hydrogens is 406 g/mol. The van der Waals surface area contributed by atoms with Gasteiger partial charge in [-0.25, -0.2) is 4.98 Å². The largest absolute Gasteiger partial charge is 0.348 e. The number of rotatable bonds is 6. The number of para-hydroxylation sites is 1. The second-order valence-corrected chi connectivity index (χ2v) is 7.60. The molecule has 0 bridgehead atoms. The Labute approximate surface area is 185 Å². The van der Waals surface area contributed by atoms with E-state index < -0.39 is 5.91 Å². The number of nitrogens with one attached hydrogen (secondary N) is 2. The Kier molecular flexibility index (Phi) is 6.72. The van der Waals surface area contributed by atoms with E-state index in [1.165, 1.54) is 0 Å². The molecule has 0 saturated carbocycles. The number of amides is 2. The molecule has 0 atom stereocenters. The van der Waals surface area contributed by atoms with Crippen molar-refractivity contribution in [2.24, 2.45) is 0 Å². The number of H-pyrrole nitrogens is 1. The first-order valence-corrected chi connectivity index (χ1v) is 10.6. The minimum Gasteiger partial charge on any atom is -0.348 e. The van der Waals surface area contributed by atoms with Crippen LogP contribution in [0.15, 0.2) is 65.5 Å². The van der Waals surface area contributed by atoms with Gasteiger partial charge in [-0.1, -0.05) is 42.5 Å². The molecule has 1 aliphatic heterocycles. The van der Waals surface area contributed by atoms with Crippen LogP contribution in [0.4, 0.5) is 0 Å². The monoisotopic (exact) mass is 431 g/mol. The Bertz CT molecular complexity index is 1180. The normalized spacial score (nSPS) is 14.7. The summed E-state index contributed by atoms with van der Waals surface area (Å²) >= 11 is 0. The van der Waals surface area contributed by atoms with Crippen LogP contribution in [-0.2, 0) is 4.79 Å². The highest BCUT2D eigenvalue weighted by molar-refractivity contribution is 5.92. The third kappa shape index (κ3) is 5.28. The Morgan fingerprint density at radius 1 is 1.00 bits per heavy atom. The molecular formula is C24H25N5O3. The lowest BCUT2D eigenvalue weighted by atomic mass is 10.2. The molecule has 0 spiro atoms. The van der Waals surface area contributed by atoms with Crippen molar-refractivity contribution < 1.29 is 9.59 Å². The van der Waals surface area contributed by atoms with E-state index in [9.17, 15) is 14.4 Å². The molecule has 0 unspecified atom stereocenters. The highest BCUT2D eigenvalue weighted by atomic mass is 16.2. The highest BCUT2D eigenvalue weighted by Gasteiger charge is 2.19. The molecule has 0 radical (unpaired) electrons. The first kappa shape index (κ1) is 21.5. The quantitative estimate of drug-likeness (QED) is 0.577. The first-order chi connectivity index (χ1) is 15.6. The molecule has 3 aromatic rings. The maximum Gasteiger partial charge on any atom is 0.287 e. The van der Waals surface area contributed by atoms with E-state index >= 15 is 0 Å². The number of aromatic amines is 1. The average molecular weight is 431 g/mol. The molecule has 164 valence electrons. The lowest BCUT2D eigenvalue weighted by Crippen LogP contribution is -2.50. The van der Waals surface area contributed by atoms with Crippen molar-refractivity contribution in [3.05, 3.63) is 82.4 Å². The molecule has 2 heterocycles. The van der Waals surface area contributed by atoms with Crippen LogP contribution in [-0.4, -0.2) is 70.9 Å². The van der Waals surface area contributed by atoms with E-state index in [4.69, 9.17) is 0 Å². The maximum atomic E-state index is 12.4. The van der Waals surface area contributed by atoms with Gasteiger partial charge in [-0.15, -0.1) is 0 Å². The topological polar surface area (TPSA) is 98.4 Å². The number of carbonyl (C=O) groups is 2. The third-order valence-corrected chi connectivity index (χ3v) is 5.44. The molecule has 2 aromatic carbocycles. The van der Waals surface area contributed by atoms with E-state index in [0.29, 0.717) is 37.1 Å². The number of hydrogen-bond acceptors (Lipinski definition) is 5. The number of aromatic nitrogens is 2. The zero-order chi connectivity index (χ0) is 22.3. The molecule has 0 aliphatic carbocycles. The van der Waals surface area contributed by atoms with Crippen LogP contribution < -0.4 is 10.9 Å². The highest BCUT2D eigenvalue weighted by Crippen LogP contribution is 2.07. The van der Waals surface area contributed by atoms with Crippen LogP contribution in [0.1, 0.15) is 16.2 Å². The molecule has 8 heteroatoms. The van der Waals surface area contributed by atoms with Gasteiger partial charge in [-0.3, -0.25) is 19.3 Å². The van der Waals surface area contributed by atoms with Gasteiger partial charge in [-0.2, -0.15) is 0 Å². The van der Waals surface area contributed by atoms with Gasteiger partial charge in [0, 0.05) is 45.3 Å². The summed E-state index contributed by atoms with van der Waals surface area (Å²) < 4.78 is 0. The van der Waals surface area contributed by atoms with E-state index in [1.807, 2.05) is 41.3 Å². The standard InChI is InChI=1S/C24H25N5O3/c30-21(11-10-18-6-2-1-3-7-18)29-16-14-28(15-17-29)13-12-25-24(32)22-26-20-9-5-4-8-19(20)23(31)27-22/h1-11H,12-17H2,(H,25,32)(H,26,27,31)/b11-10+. The van der Waals surface area contributed by atoms with Gasteiger partial charge in [0.1, 0.15) is 0 Å². The number of benzene rings is 2. The maximum absolute atomic E-state index is 12.4. The number of hydrogen-bond donors (Lipinski definition) is 2. The SMILES string of the molecule is O=C(NCCN1CCN(C(=O)/C=C/c2ccccc2)CC1)c1nc2ccccc2c(=O)[nH]1. The third-order valence-electron chi connectivity index (χ3n) is 5.44. The minimum absolute atomic E-state index is 0.00754. The second-order valence-electron chi connectivity index (χ2n) is 7.60. The predicted molar refractivity (Wildman–Crippen MR) is 123 cm³/mol. The van der Waals surface area contributed by atoms with E-state index in [-0.39, 0.29) is 17.3 Å². The molecule has 8 nitrogen and oxygen atoms in total. The van der Waals surface area contributed by atoms with Gasteiger partial charge in [0.05, 0.1) is 10.9 Å². The molecule has 1 aliphatic rings. The number of carbonyl (C=O) groups excluding carboxylic acids is 2. The van der Waals surface area contributed by atoms with Crippen LogP contribution >= 0.6 is 0 Å². The fraction of sp³-hybridized carbons (Fsp3) is 0.250. The Morgan fingerprint density at radius 2 is 1.72 bits per heavy atom. The van der Waals surface area contributed by atoms with Crippen LogP contribution in [0, 0.1) is 0 Å². The summed E-state index contributed by atoms with van der Waals surface area (Å²) in [5.41, 5.74) is 1.16. The number of fused-ring (bicyclic) bond motifs is 1. The summed E-state index contributed by atoms with van der Waals surface area (Å²) in [6.07, 6.45) is 3.44. The van der Waals surface area contributed by atoms with Crippen molar-refractivity contribution >= 4 is 28.8 Å². The Hall–Kier alpha value is -3.78. The van der Waals surface area contributed by atoms with Crippen LogP contribution in [0.5, 0.6) is 0 Å². The summed E-state index contributed by atoms with van der Waals surface area (Å²) in [5.74, 6) is -0.393. The van der Waals surface area contributed by atoms with E-state index in [2.05, 4.69) is 20.2 Å². The smallest absolute Gasteiger partial charge is 0.287 e. The van der Waals surface area contributed by atoms with Gasteiger partial charge in [0.2, 0.25) is 5.91 Å². The molecule has 2 N–H and O–H groups in total. The fourth-order valence-corrected chi connectivity index (χ4v) is 3.63. The van der Waals surface area contributed by atoms with Crippen LogP contribution in [0.3, 0.4) is 0 Å². The average Bonchev–Trinajstić information content (AvgIpc) is 2.83. The minimum atomic E-state index is -0.410. The Morgan fingerprint density at radius 3 is 2.50 bits per heavy atom. The summed E-state index contributed by atoms with van der Waals surface area (Å²) in [7, 11) is 0. The van der Waals surface area contributed by atoms with Gasteiger partial charge in [0.15, 0.2) is 5.82 Å². The van der Waals surface area contributed by atoms with Crippen molar-refractivity contribution in [1.82, 2.24) is 25.1 Å². The van der Waals surface area contributed by atoms with Crippen LogP contribution in [0.25, 0.3) is 17.0 Å². The molecule has 1 aromatic heterocycles. The molecule has 32 heavy (non-hydrogen) atoms. The predicted octanol–water partition coefficient (Wildman–Crippen LogP) is 1.51. The molecule has 1 fully saturated rings. The number of nitrogens with zero attached hydrogens (tertiary/aromatic N) is 3. The molecule has 2 amide bonds. The van der Waals surface area contributed by atoms with Gasteiger partial charge in [-0.05, 0) is 23.8 Å². The lowest BCUT2D eigenvalue weighted by Gasteiger charge is -2.34. The zero-order valence-corrected chi connectivity index (χ0v) is 17.7. The van der Waals surface area contributed by atoms with E-state index in [0.717, 1.165) is 18.7 Å². The van der Waals surface area contributed by atoms with Crippen molar-refractivity contribution in [2.75, 3.05) is 39.3 Å². The number of piperazine rings is 1. The summed E-state index contributed by atoms with van der Waals surface area (Å²) in [6, 6.07) is 16.6. The summed E-state index contributed by atoms with van der Waals surface area (Å²) in [4.78, 5) is 47.7. The lowest BCUT2D eigenvalue weighted by molar-refractivity contribution is -0.127.